The maximum atomic E-state index is 12.8. The van der Waals surface area contributed by atoms with Gasteiger partial charge in [-0.25, -0.2) is 0 Å². The van der Waals surface area contributed by atoms with E-state index in [9.17, 15) is 14.4 Å². The summed E-state index contributed by atoms with van der Waals surface area (Å²) >= 11 is 0. The van der Waals surface area contributed by atoms with Gasteiger partial charge in [0.2, 0.25) is 0 Å². The summed E-state index contributed by atoms with van der Waals surface area (Å²) < 4.78 is 16.8. The largest absolute Gasteiger partial charge is 0.462 e. The smallest absolute Gasteiger partial charge is 0.306 e. The van der Waals surface area contributed by atoms with E-state index in [1.165, 1.54) is 238 Å². The number of unbranched alkanes of at least 4 members (excludes halogenated alkanes) is 42. The van der Waals surface area contributed by atoms with E-state index < -0.39 is 6.10 Å². The minimum atomic E-state index is -0.776. The molecule has 0 aliphatic carbocycles. The molecule has 0 aromatic carbocycles. The van der Waals surface area contributed by atoms with E-state index in [2.05, 4.69) is 81.5 Å². The van der Waals surface area contributed by atoms with Crippen LogP contribution in [0.5, 0.6) is 0 Å². The van der Waals surface area contributed by atoms with Gasteiger partial charge in [-0.05, 0) is 89.9 Å². The number of hydrogen-bond acceptors (Lipinski definition) is 6. The highest BCUT2D eigenvalue weighted by atomic mass is 16.6. The van der Waals surface area contributed by atoms with Crippen LogP contribution in [-0.4, -0.2) is 37.2 Å². The topological polar surface area (TPSA) is 78.9 Å². The molecule has 0 rings (SSSR count). The quantitative estimate of drug-likeness (QED) is 0.0261. The van der Waals surface area contributed by atoms with Crippen molar-refractivity contribution in [1.29, 1.82) is 0 Å². The second-order valence-electron chi connectivity index (χ2n) is 23.1. The summed E-state index contributed by atoms with van der Waals surface area (Å²) in [5.74, 6) is -0.881. The molecular weight excluding hydrogens is 961 g/mol. The number of carbonyl (C=O) groups is 3. The summed E-state index contributed by atoms with van der Waals surface area (Å²) in [7, 11) is 0. The normalized spacial score (nSPS) is 12.4. The van der Waals surface area contributed by atoms with Crippen molar-refractivity contribution in [2.24, 2.45) is 0 Å². The lowest BCUT2D eigenvalue weighted by atomic mass is 10.0. The SMILES string of the molecule is CCCCC/C=C\C/C=C\C/C=C\CCCCCCCCC(=O)OC(COC(=O)CCCCCCCC)COC(=O)CCCCCCCCCCCCCCCCCCCCCCCCC/C=C\C/C=C\CCCCCCC. The number of rotatable bonds is 63. The number of allylic oxidation sites excluding steroid dienone is 10. The monoisotopic (exact) mass is 1090 g/mol. The van der Waals surface area contributed by atoms with Crippen LogP contribution < -0.4 is 0 Å². The number of hydrogen-bond donors (Lipinski definition) is 0. The fourth-order valence-electron chi connectivity index (χ4n) is 10.1. The molecule has 0 aromatic rings. The third kappa shape index (κ3) is 63.9. The molecule has 454 valence electrons. The van der Waals surface area contributed by atoms with Gasteiger partial charge in [0.15, 0.2) is 6.10 Å². The molecule has 0 aromatic heterocycles. The molecule has 6 nitrogen and oxygen atoms in total. The first kappa shape index (κ1) is 75.1. The fourth-order valence-corrected chi connectivity index (χ4v) is 10.1. The van der Waals surface area contributed by atoms with Gasteiger partial charge in [-0.2, -0.15) is 0 Å². The van der Waals surface area contributed by atoms with E-state index in [1.54, 1.807) is 0 Å². The van der Waals surface area contributed by atoms with Gasteiger partial charge in [0.25, 0.3) is 0 Å². The Morgan fingerprint density at radius 1 is 0.256 bits per heavy atom. The van der Waals surface area contributed by atoms with Crippen molar-refractivity contribution in [3.05, 3.63) is 60.8 Å². The highest BCUT2D eigenvalue weighted by Crippen LogP contribution is 2.18. The van der Waals surface area contributed by atoms with Crippen LogP contribution in [0.25, 0.3) is 0 Å². The van der Waals surface area contributed by atoms with Gasteiger partial charge in [-0.3, -0.25) is 14.4 Å². The lowest BCUT2D eigenvalue weighted by Gasteiger charge is -2.18. The predicted molar refractivity (Wildman–Crippen MR) is 339 cm³/mol. The second-order valence-corrected chi connectivity index (χ2v) is 23.1. The zero-order chi connectivity index (χ0) is 56.4. The van der Waals surface area contributed by atoms with Crippen LogP contribution in [0, 0.1) is 0 Å². The second kappa shape index (κ2) is 66.6. The standard InChI is InChI=1S/C72H130O6/c1-4-7-10-13-16-18-20-22-24-26-28-29-30-31-32-33-34-35-36-37-38-39-40-41-42-43-45-46-48-50-52-54-56-59-62-65-71(74)77-68-69(67-76-70(73)64-61-58-15-12-9-6-3)78-72(75)66-63-60-57-55-53-51-49-47-44-27-25-23-21-19-17-14-11-8-5-2/h17,19-20,22-23,25-26,28,44,47,69H,4-16,18,21,24,27,29-43,45-46,48-68H2,1-3H3/b19-17-,22-20-,25-23-,28-26-,47-44-. The molecule has 0 saturated carbocycles. The molecule has 0 aliphatic rings. The van der Waals surface area contributed by atoms with Gasteiger partial charge in [-0.1, -0.05) is 313 Å². The van der Waals surface area contributed by atoms with Gasteiger partial charge >= 0.3 is 17.9 Å². The molecule has 78 heavy (non-hydrogen) atoms. The summed E-state index contributed by atoms with van der Waals surface area (Å²) in [5, 5.41) is 0. The van der Waals surface area contributed by atoms with Crippen molar-refractivity contribution < 1.29 is 28.6 Å². The van der Waals surface area contributed by atoms with Gasteiger partial charge < -0.3 is 14.2 Å². The molecule has 0 fully saturated rings. The fraction of sp³-hybridized carbons (Fsp3) is 0.819. The Labute approximate surface area is 485 Å². The maximum absolute atomic E-state index is 12.8. The van der Waals surface area contributed by atoms with Crippen LogP contribution in [0.3, 0.4) is 0 Å². The Kier molecular flexibility index (Phi) is 64.2. The van der Waals surface area contributed by atoms with E-state index in [-0.39, 0.29) is 31.1 Å². The first-order chi connectivity index (χ1) is 38.5. The predicted octanol–water partition coefficient (Wildman–Crippen LogP) is 23.5. The van der Waals surface area contributed by atoms with Crippen LogP contribution in [-0.2, 0) is 28.6 Å². The summed E-state index contributed by atoms with van der Waals surface area (Å²) in [6, 6.07) is 0. The van der Waals surface area contributed by atoms with Crippen molar-refractivity contribution in [3.8, 4) is 0 Å². The van der Waals surface area contributed by atoms with Crippen molar-refractivity contribution >= 4 is 17.9 Å². The molecule has 0 bridgehead atoms. The third-order valence-corrected chi connectivity index (χ3v) is 15.2. The Bertz CT molecular complexity index is 1390. The maximum Gasteiger partial charge on any atom is 0.306 e. The zero-order valence-electron chi connectivity index (χ0n) is 52.2. The summed E-state index contributed by atoms with van der Waals surface area (Å²) in [4.78, 5) is 38.0. The number of esters is 3. The summed E-state index contributed by atoms with van der Waals surface area (Å²) in [6.07, 6.45) is 85.8. The minimum absolute atomic E-state index is 0.0757. The average Bonchev–Trinajstić information content (AvgIpc) is 3.44. The molecule has 0 heterocycles. The number of carbonyl (C=O) groups excluding carboxylic acids is 3. The highest BCUT2D eigenvalue weighted by molar-refractivity contribution is 5.71. The molecule has 0 aliphatic heterocycles. The molecule has 0 radical (unpaired) electrons. The van der Waals surface area contributed by atoms with Crippen LogP contribution in [0.15, 0.2) is 60.8 Å². The molecular formula is C72H130O6. The zero-order valence-corrected chi connectivity index (χ0v) is 52.2. The van der Waals surface area contributed by atoms with Crippen LogP contribution in [0.2, 0.25) is 0 Å². The Morgan fingerprint density at radius 3 is 0.744 bits per heavy atom. The Balaban J connectivity index is 3.94. The first-order valence-corrected chi connectivity index (χ1v) is 34.3. The van der Waals surface area contributed by atoms with Crippen molar-refractivity contribution in [2.75, 3.05) is 13.2 Å². The highest BCUT2D eigenvalue weighted by Gasteiger charge is 2.19. The summed E-state index contributed by atoms with van der Waals surface area (Å²) in [5.41, 5.74) is 0. The molecule has 0 amide bonds. The van der Waals surface area contributed by atoms with Crippen LogP contribution in [0.4, 0.5) is 0 Å². The van der Waals surface area contributed by atoms with E-state index in [0.29, 0.717) is 19.3 Å². The molecule has 1 unspecified atom stereocenters. The molecule has 1 atom stereocenters. The summed E-state index contributed by atoms with van der Waals surface area (Å²) in [6.45, 7) is 6.57. The van der Waals surface area contributed by atoms with E-state index in [4.69, 9.17) is 14.2 Å². The molecule has 0 N–H and O–H groups in total. The van der Waals surface area contributed by atoms with Crippen LogP contribution in [0.1, 0.15) is 361 Å². The lowest BCUT2D eigenvalue weighted by molar-refractivity contribution is -0.167. The minimum Gasteiger partial charge on any atom is -0.462 e. The molecule has 0 spiro atoms. The van der Waals surface area contributed by atoms with Crippen molar-refractivity contribution in [1.82, 2.24) is 0 Å². The molecule has 6 heteroatoms. The lowest BCUT2D eigenvalue weighted by Crippen LogP contribution is -2.30. The number of ether oxygens (including phenoxy) is 3. The van der Waals surface area contributed by atoms with E-state index in [1.807, 2.05) is 0 Å². The van der Waals surface area contributed by atoms with Crippen molar-refractivity contribution in [3.63, 3.8) is 0 Å². The van der Waals surface area contributed by atoms with E-state index >= 15 is 0 Å². The van der Waals surface area contributed by atoms with Gasteiger partial charge in [0.1, 0.15) is 13.2 Å². The van der Waals surface area contributed by atoms with Gasteiger partial charge in [0.05, 0.1) is 0 Å². The average molecular weight is 1090 g/mol. The van der Waals surface area contributed by atoms with Gasteiger partial charge in [0, 0.05) is 19.3 Å². The first-order valence-electron chi connectivity index (χ1n) is 34.3. The van der Waals surface area contributed by atoms with Crippen LogP contribution >= 0.6 is 0 Å². The Hall–Kier alpha value is -2.89. The van der Waals surface area contributed by atoms with E-state index in [0.717, 1.165) is 83.5 Å². The third-order valence-electron chi connectivity index (χ3n) is 15.2. The van der Waals surface area contributed by atoms with Crippen molar-refractivity contribution in [2.45, 2.75) is 367 Å². The van der Waals surface area contributed by atoms with Gasteiger partial charge in [-0.15, -0.1) is 0 Å². The molecule has 0 saturated heterocycles. The Morgan fingerprint density at radius 2 is 0.462 bits per heavy atom.